The number of nitrogens with one attached hydrogen (secondary N) is 1. The third-order valence-electron chi connectivity index (χ3n) is 2.60. The van der Waals surface area contributed by atoms with Crippen molar-refractivity contribution in [3.63, 3.8) is 0 Å². The van der Waals surface area contributed by atoms with Gasteiger partial charge in [0.05, 0.1) is 19.3 Å². The van der Waals surface area contributed by atoms with E-state index in [0.717, 1.165) is 0 Å². The number of hydrogen-bond acceptors (Lipinski definition) is 5. The van der Waals surface area contributed by atoms with Crippen LogP contribution in [0.1, 0.15) is 30.1 Å². The molecular formula is C14H19NO5. The number of ether oxygens (including phenoxy) is 2. The Balaban J connectivity index is 2.45. The second kappa shape index (κ2) is 8.04. The maximum Gasteiger partial charge on any atom is 0.305 e. The summed E-state index contributed by atoms with van der Waals surface area (Å²) in [6.07, 6.45) is 0.730. The van der Waals surface area contributed by atoms with Gasteiger partial charge in [-0.05, 0) is 31.5 Å². The number of amides is 1. The molecule has 0 aromatic heterocycles. The zero-order chi connectivity index (χ0) is 15.0. The first kappa shape index (κ1) is 15.8. The second-order valence-electron chi connectivity index (χ2n) is 4.05. The van der Waals surface area contributed by atoms with Gasteiger partial charge in [0.25, 0.3) is 5.91 Å². The number of carbonyl (C=O) groups excluding carboxylic acids is 2. The molecule has 1 rings (SSSR count). The van der Waals surface area contributed by atoms with Crippen molar-refractivity contribution in [3.8, 4) is 11.5 Å². The largest absolute Gasteiger partial charge is 0.507 e. The Morgan fingerprint density at radius 3 is 2.75 bits per heavy atom. The summed E-state index contributed by atoms with van der Waals surface area (Å²) in [5.74, 6) is -0.329. The van der Waals surface area contributed by atoms with Crippen molar-refractivity contribution in [2.45, 2.75) is 19.8 Å². The van der Waals surface area contributed by atoms with Crippen molar-refractivity contribution in [2.24, 2.45) is 0 Å². The minimum absolute atomic E-state index is 0.117. The van der Waals surface area contributed by atoms with Gasteiger partial charge in [-0.3, -0.25) is 9.59 Å². The van der Waals surface area contributed by atoms with Crippen LogP contribution in [0, 0.1) is 0 Å². The van der Waals surface area contributed by atoms with Crippen LogP contribution in [0.5, 0.6) is 11.5 Å². The summed E-state index contributed by atoms with van der Waals surface area (Å²) in [7, 11) is 1.48. The van der Waals surface area contributed by atoms with Gasteiger partial charge in [-0.1, -0.05) is 0 Å². The molecule has 0 heterocycles. The summed E-state index contributed by atoms with van der Waals surface area (Å²) in [4.78, 5) is 23.0. The van der Waals surface area contributed by atoms with Gasteiger partial charge in [0.2, 0.25) is 0 Å². The van der Waals surface area contributed by atoms with Crippen LogP contribution in [0.25, 0.3) is 0 Å². The van der Waals surface area contributed by atoms with Crippen LogP contribution < -0.4 is 10.1 Å². The molecule has 0 atom stereocenters. The lowest BCUT2D eigenvalue weighted by atomic mass is 10.1. The molecule has 0 fully saturated rings. The highest BCUT2D eigenvalue weighted by atomic mass is 16.5. The number of benzene rings is 1. The van der Waals surface area contributed by atoms with E-state index < -0.39 is 5.91 Å². The topological polar surface area (TPSA) is 84.9 Å². The molecule has 0 unspecified atom stereocenters. The van der Waals surface area contributed by atoms with Crippen molar-refractivity contribution in [3.05, 3.63) is 23.8 Å². The van der Waals surface area contributed by atoms with Crippen molar-refractivity contribution >= 4 is 11.9 Å². The van der Waals surface area contributed by atoms with Crippen LogP contribution in [0.15, 0.2) is 18.2 Å². The van der Waals surface area contributed by atoms with Crippen LogP contribution >= 0.6 is 0 Å². The Kier molecular flexibility index (Phi) is 6.36. The van der Waals surface area contributed by atoms with Gasteiger partial charge in [0.15, 0.2) is 0 Å². The highest BCUT2D eigenvalue weighted by Gasteiger charge is 2.12. The Hall–Kier alpha value is -2.24. The average Bonchev–Trinajstić information content (AvgIpc) is 2.44. The molecule has 6 nitrogen and oxygen atoms in total. The van der Waals surface area contributed by atoms with Crippen molar-refractivity contribution in [2.75, 3.05) is 20.3 Å². The van der Waals surface area contributed by atoms with Gasteiger partial charge in [-0.15, -0.1) is 0 Å². The van der Waals surface area contributed by atoms with E-state index in [-0.39, 0.29) is 23.7 Å². The normalized spacial score (nSPS) is 9.90. The lowest BCUT2D eigenvalue weighted by molar-refractivity contribution is -0.143. The smallest absolute Gasteiger partial charge is 0.305 e. The van der Waals surface area contributed by atoms with Gasteiger partial charge < -0.3 is 19.9 Å². The van der Waals surface area contributed by atoms with Crippen molar-refractivity contribution in [1.29, 1.82) is 0 Å². The van der Waals surface area contributed by atoms with E-state index in [1.165, 1.54) is 19.2 Å². The summed E-state index contributed by atoms with van der Waals surface area (Å²) >= 11 is 0. The monoisotopic (exact) mass is 281 g/mol. The fraction of sp³-hybridized carbons (Fsp3) is 0.429. The third-order valence-corrected chi connectivity index (χ3v) is 2.60. The van der Waals surface area contributed by atoms with E-state index in [9.17, 15) is 14.7 Å². The van der Waals surface area contributed by atoms with Gasteiger partial charge in [0, 0.05) is 13.0 Å². The van der Waals surface area contributed by atoms with Gasteiger partial charge >= 0.3 is 5.97 Å². The van der Waals surface area contributed by atoms with Crippen LogP contribution in [0.4, 0.5) is 0 Å². The van der Waals surface area contributed by atoms with E-state index >= 15 is 0 Å². The van der Waals surface area contributed by atoms with E-state index in [0.29, 0.717) is 25.3 Å². The Bertz CT molecular complexity index is 473. The molecule has 110 valence electrons. The van der Waals surface area contributed by atoms with E-state index in [1.54, 1.807) is 13.0 Å². The fourth-order valence-electron chi connectivity index (χ4n) is 1.59. The molecule has 2 N–H and O–H groups in total. The number of phenolic OH excluding ortho intramolecular Hbond substituents is 1. The maximum atomic E-state index is 11.9. The van der Waals surface area contributed by atoms with E-state index in [2.05, 4.69) is 5.32 Å². The van der Waals surface area contributed by atoms with Crippen molar-refractivity contribution < 1.29 is 24.2 Å². The molecule has 0 aliphatic heterocycles. The lowest BCUT2D eigenvalue weighted by Crippen LogP contribution is -2.25. The molecule has 6 heteroatoms. The number of phenols is 1. The maximum absolute atomic E-state index is 11.9. The van der Waals surface area contributed by atoms with Gasteiger partial charge in [-0.25, -0.2) is 0 Å². The molecule has 0 aliphatic carbocycles. The fourth-order valence-corrected chi connectivity index (χ4v) is 1.59. The number of methoxy groups -OCH3 is 1. The molecule has 0 spiro atoms. The standard InChI is InChI=1S/C14H19NO5/c1-3-20-13(17)5-4-8-15-14(18)11-9-10(19-2)6-7-12(11)16/h6-7,9,16H,3-5,8H2,1-2H3,(H,15,18). The van der Waals surface area contributed by atoms with Crippen LogP contribution in [0.3, 0.4) is 0 Å². The molecule has 0 aliphatic rings. The van der Waals surface area contributed by atoms with Gasteiger partial charge in [-0.2, -0.15) is 0 Å². The number of rotatable bonds is 7. The zero-order valence-electron chi connectivity index (χ0n) is 11.6. The highest BCUT2D eigenvalue weighted by Crippen LogP contribution is 2.22. The third kappa shape index (κ3) is 4.79. The second-order valence-corrected chi connectivity index (χ2v) is 4.05. The Morgan fingerprint density at radius 2 is 2.10 bits per heavy atom. The lowest BCUT2D eigenvalue weighted by Gasteiger charge is -2.08. The first-order chi connectivity index (χ1) is 9.58. The number of hydrogen-bond donors (Lipinski definition) is 2. The molecule has 0 saturated heterocycles. The molecule has 1 aromatic rings. The van der Waals surface area contributed by atoms with Crippen molar-refractivity contribution in [1.82, 2.24) is 5.32 Å². The summed E-state index contributed by atoms with van der Waals surface area (Å²) < 4.78 is 9.77. The minimum Gasteiger partial charge on any atom is -0.507 e. The van der Waals surface area contributed by atoms with Gasteiger partial charge in [0.1, 0.15) is 11.5 Å². The van der Waals surface area contributed by atoms with Crippen LogP contribution in [0.2, 0.25) is 0 Å². The average molecular weight is 281 g/mol. The molecule has 20 heavy (non-hydrogen) atoms. The molecular weight excluding hydrogens is 262 g/mol. The molecule has 0 radical (unpaired) electrons. The van der Waals surface area contributed by atoms with Crippen LogP contribution in [-0.4, -0.2) is 37.2 Å². The number of carbonyl (C=O) groups is 2. The highest BCUT2D eigenvalue weighted by molar-refractivity contribution is 5.97. The van der Waals surface area contributed by atoms with Crippen LogP contribution in [-0.2, 0) is 9.53 Å². The first-order valence-corrected chi connectivity index (χ1v) is 6.39. The summed E-state index contributed by atoms with van der Waals surface area (Å²) in [6, 6.07) is 4.41. The minimum atomic E-state index is -0.412. The summed E-state index contributed by atoms with van der Waals surface area (Å²) in [5.41, 5.74) is 0.139. The number of esters is 1. The van der Waals surface area contributed by atoms with E-state index in [1.807, 2.05) is 0 Å². The quantitative estimate of drug-likeness (QED) is 0.584. The SMILES string of the molecule is CCOC(=O)CCCNC(=O)c1cc(OC)ccc1O. The zero-order valence-corrected chi connectivity index (χ0v) is 11.6. The summed E-state index contributed by atoms with van der Waals surface area (Å²) in [6.45, 7) is 2.42. The number of aromatic hydroxyl groups is 1. The molecule has 1 amide bonds. The molecule has 0 saturated carbocycles. The Morgan fingerprint density at radius 1 is 1.35 bits per heavy atom. The molecule has 0 bridgehead atoms. The van der Waals surface area contributed by atoms with E-state index in [4.69, 9.17) is 9.47 Å². The Labute approximate surface area is 117 Å². The summed E-state index contributed by atoms with van der Waals surface area (Å²) in [5, 5.41) is 12.3. The predicted molar refractivity (Wildman–Crippen MR) is 72.9 cm³/mol. The predicted octanol–water partition coefficient (Wildman–Crippen LogP) is 1.47. The molecule has 1 aromatic carbocycles. The first-order valence-electron chi connectivity index (χ1n) is 6.39.